The van der Waals surface area contributed by atoms with E-state index in [-0.39, 0.29) is 12.2 Å². The summed E-state index contributed by atoms with van der Waals surface area (Å²) in [4.78, 5) is 10.8. The number of hydrogen-bond acceptors (Lipinski definition) is 1. The van der Waals surface area contributed by atoms with Gasteiger partial charge in [-0.05, 0) is 31.5 Å². The topological polar surface area (TPSA) is 17.1 Å². The van der Waals surface area contributed by atoms with Gasteiger partial charge < -0.3 is 0 Å². The maximum absolute atomic E-state index is 13.9. The first-order chi connectivity index (χ1) is 6.42. The first-order valence-corrected chi connectivity index (χ1v) is 4.36. The Morgan fingerprint density at radius 3 is 2.29 bits per heavy atom. The molecule has 0 saturated heterocycles. The minimum Gasteiger partial charge on any atom is -0.300 e. The molecule has 0 heterocycles. The molecule has 0 saturated carbocycles. The van der Waals surface area contributed by atoms with Crippen LogP contribution in [0.5, 0.6) is 0 Å². The normalized spacial score (nSPS) is 14.9. The molecule has 76 valence electrons. The Morgan fingerprint density at radius 2 is 1.86 bits per heavy atom. The fraction of sp³-hybridized carbons (Fsp3) is 0.364. The van der Waals surface area contributed by atoms with Gasteiger partial charge in [-0.25, -0.2) is 8.78 Å². The van der Waals surface area contributed by atoms with Crippen molar-refractivity contribution in [2.45, 2.75) is 25.9 Å². The highest BCUT2D eigenvalue weighted by atomic mass is 19.1. The summed E-state index contributed by atoms with van der Waals surface area (Å²) < 4.78 is 26.4. The van der Waals surface area contributed by atoms with Crippen molar-refractivity contribution in [3.8, 4) is 0 Å². The maximum atomic E-state index is 13.9. The number of benzene rings is 1. The van der Waals surface area contributed by atoms with Crippen LogP contribution in [-0.2, 0) is 10.5 Å². The van der Waals surface area contributed by atoms with Gasteiger partial charge >= 0.3 is 0 Å². The number of hydrogen-bond donors (Lipinski definition) is 0. The van der Waals surface area contributed by atoms with Crippen LogP contribution >= 0.6 is 0 Å². The molecule has 0 amide bonds. The predicted octanol–water partition coefficient (Wildman–Crippen LogP) is 2.99. The molecule has 0 N–H and O–H groups in total. The molecule has 0 radical (unpaired) electrons. The van der Waals surface area contributed by atoms with Crippen molar-refractivity contribution >= 4 is 5.78 Å². The van der Waals surface area contributed by atoms with Crippen molar-refractivity contribution in [3.05, 3.63) is 35.6 Å². The van der Waals surface area contributed by atoms with Gasteiger partial charge in [-0.1, -0.05) is 12.1 Å². The van der Waals surface area contributed by atoms with E-state index in [1.807, 2.05) is 0 Å². The highest BCUT2D eigenvalue weighted by Crippen LogP contribution is 2.29. The van der Waals surface area contributed by atoms with Gasteiger partial charge in [0.05, 0.1) is 0 Å². The van der Waals surface area contributed by atoms with Crippen LogP contribution < -0.4 is 0 Å². The summed E-state index contributed by atoms with van der Waals surface area (Å²) in [6, 6.07) is 5.09. The van der Waals surface area contributed by atoms with Crippen molar-refractivity contribution in [2.75, 3.05) is 0 Å². The number of rotatable bonds is 3. The van der Waals surface area contributed by atoms with E-state index in [4.69, 9.17) is 0 Å². The van der Waals surface area contributed by atoms with Crippen LogP contribution in [-0.4, -0.2) is 5.78 Å². The molecule has 0 aliphatic rings. The minimum absolute atomic E-state index is 0.182. The third-order valence-corrected chi connectivity index (χ3v) is 2.03. The summed E-state index contributed by atoms with van der Waals surface area (Å²) in [7, 11) is 0. The van der Waals surface area contributed by atoms with E-state index in [0.29, 0.717) is 5.56 Å². The highest BCUT2D eigenvalue weighted by molar-refractivity contribution is 5.76. The van der Waals surface area contributed by atoms with Crippen LogP contribution in [0.15, 0.2) is 24.3 Å². The van der Waals surface area contributed by atoms with E-state index in [1.165, 1.54) is 38.1 Å². The average Bonchev–Trinajstić information content (AvgIpc) is 2.02. The Kier molecular flexibility index (Phi) is 2.99. The molecule has 0 aliphatic carbocycles. The van der Waals surface area contributed by atoms with Gasteiger partial charge in [0.15, 0.2) is 0 Å². The molecule has 14 heavy (non-hydrogen) atoms. The zero-order chi connectivity index (χ0) is 10.8. The molecule has 1 nitrogen and oxygen atoms in total. The molecule has 1 unspecified atom stereocenters. The molecule has 0 spiro atoms. The van der Waals surface area contributed by atoms with Crippen molar-refractivity contribution < 1.29 is 13.6 Å². The molecule has 1 aromatic carbocycles. The quantitative estimate of drug-likeness (QED) is 0.729. The number of carbonyl (C=O) groups excluding carboxylic acids is 1. The second kappa shape index (κ2) is 3.86. The second-order valence-electron chi connectivity index (χ2n) is 3.58. The van der Waals surface area contributed by atoms with Gasteiger partial charge in [0.1, 0.15) is 17.3 Å². The van der Waals surface area contributed by atoms with Crippen LogP contribution in [0.4, 0.5) is 8.78 Å². The Morgan fingerprint density at radius 1 is 1.36 bits per heavy atom. The smallest absolute Gasteiger partial charge is 0.140 e. The number of ketones is 1. The standard InChI is InChI=1S/C11H12F2O/c1-8(14)7-11(2,13)9-3-5-10(12)6-4-9/h3-6H,7H2,1-2H3. The predicted molar refractivity (Wildman–Crippen MR) is 50.2 cm³/mol. The summed E-state index contributed by atoms with van der Waals surface area (Å²) >= 11 is 0. The van der Waals surface area contributed by atoms with Crippen LogP contribution in [0.2, 0.25) is 0 Å². The number of carbonyl (C=O) groups is 1. The van der Waals surface area contributed by atoms with Crippen molar-refractivity contribution in [2.24, 2.45) is 0 Å². The lowest BCUT2D eigenvalue weighted by molar-refractivity contribution is -0.119. The molecular weight excluding hydrogens is 186 g/mol. The maximum Gasteiger partial charge on any atom is 0.140 e. The van der Waals surface area contributed by atoms with Crippen LogP contribution in [0.3, 0.4) is 0 Å². The van der Waals surface area contributed by atoms with Crippen molar-refractivity contribution in [3.63, 3.8) is 0 Å². The summed E-state index contributed by atoms with van der Waals surface area (Å²) in [5.74, 6) is -0.633. The zero-order valence-corrected chi connectivity index (χ0v) is 8.18. The molecule has 3 heteroatoms. The second-order valence-corrected chi connectivity index (χ2v) is 3.58. The molecule has 1 rings (SSSR count). The van der Waals surface area contributed by atoms with Crippen molar-refractivity contribution in [1.29, 1.82) is 0 Å². The molecule has 0 aliphatic heterocycles. The molecular formula is C11H12F2O. The Bertz CT molecular complexity index is 328. The molecule has 0 fully saturated rings. The van der Waals surface area contributed by atoms with Gasteiger partial charge in [0.25, 0.3) is 0 Å². The lowest BCUT2D eigenvalue weighted by Crippen LogP contribution is -2.18. The third kappa shape index (κ3) is 2.62. The highest BCUT2D eigenvalue weighted by Gasteiger charge is 2.27. The van der Waals surface area contributed by atoms with E-state index in [0.717, 1.165) is 0 Å². The average molecular weight is 198 g/mol. The van der Waals surface area contributed by atoms with Gasteiger partial charge in [-0.15, -0.1) is 0 Å². The van der Waals surface area contributed by atoms with E-state index in [9.17, 15) is 13.6 Å². The number of Topliss-reactive ketones (excluding diaryl/α,β-unsaturated/α-hetero) is 1. The van der Waals surface area contributed by atoms with E-state index in [2.05, 4.69) is 0 Å². The Labute approximate surface area is 81.7 Å². The molecule has 1 atom stereocenters. The largest absolute Gasteiger partial charge is 0.300 e. The van der Waals surface area contributed by atoms with Gasteiger partial charge in [0, 0.05) is 6.42 Å². The SMILES string of the molecule is CC(=O)CC(C)(F)c1ccc(F)cc1. The monoisotopic (exact) mass is 198 g/mol. The van der Waals surface area contributed by atoms with E-state index in [1.54, 1.807) is 0 Å². The molecule has 0 aromatic heterocycles. The molecule has 0 bridgehead atoms. The summed E-state index contributed by atoms with van der Waals surface area (Å²) in [6.45, 7) is 2.66. The summed E-state index contributed by atoms with van der Waals surface area (Å²) in [6.07, 6.45) is -0.182. The number of halogens is 2. The minimum atomic E-state index is -1.71. The summed E-state index contributed by atoms with van der Waals surface area (Å²) in [5, 5.41) is 0. The Balaban J connectivity index is 2.91. The number of alkyl halides is 1. The molecule has 1 aromatic rings. The van der Waals surface area contributed by atoms with Crippen LogP contribution in [0.1, 0.15) is 25.8 Å². The van der Waals surface area contributed by atoms with Crippen molar-refractivity contribution in [1.82, 2.24) is 0 Å². The lowest BCUT2D eigenvalue weighted by Gasteiger charge is -2.19. The van der Waals surface area contributed by atoms with Gasteiger partial charge in [-0.2, -0.15) is 0 Å². The fourth-order valence-corrected chi connectivity index (χ4v) is 1.37. The first kappa shape index (κ1) is 10.8. The third-order valence-electron chi connectivity index (χ3n) is 2.03. The fourth-order valence-electron chi connectivity index (χ4n) is 1.37. The van der Waals surface area contributed by atoms with E-state index >= 15 is 0 Å². The van der Waals surface area contributed by atoms with Crippen LogP contribution in [0, 0.1) is 5.82 Å². The van der Waals surface area contributed by atoms with Gasteiger partial charge in [-0.3, -0.25) is 4.79 Å². The zero-order valence-electron chi connectivity index (χ0n) is 8.18. The summed E-state index contributed by atoms with van der Waals surface area (Å²) in [5.41, 5.74) is -1.38. The lowest BCUT2D eigenvalue weighted by atomic mass is 9.93. The van der Waals surface area contributed by atoms with Gasteiger partial charge in [0.2, 0.25) is 0 Å². The van der Waals surface area contributed by atoms with Crippen LogP contribution in [0.25, 0.3) is 0 Å². The first-order valence-electron chi connectivity index (χ1n) is 4.36. The van der Waals surface area contributed by atoms with E-state index < -0.39 is 11.5 Å². The Hall–Kier alpha value is -1.25.